The molecule has 0 saturated heterocycles. The molecule has 24 heavy (non-hydrogen) atoms. The second-order valence-electron chi connectivity index (χ2n) is 4.95. The van der Waals surface area contributed by atoms with Crippen molar-refractivity contribution in [2.24, 2.45) is 0 Å². The minimum atomic E-state index is -0.377. The number of methoxy groups -OCH3 is 1. The maximum atomic E-state index is 12.1. The highest BCUT2D eigenvalue weighted by Crippen LogP contribution is 2.36. The molecule has 2 aromatic carbocycles. The van der Waals surface area contributed by atoms with E-state index in [-0.39, 0.29) is 29.0 Å². The summed E-state index contributed by atoms with van der Waals surface area (Å²) in [6, 6.07) is 8.11. The van der Waals surface area contributed by atoms with Crippen molar-refractivity contribution in [3.63, 3.8) is 0 Å². The lowest BCUT2D eigenvalue weighted by molar-refractivity contribution is -0.118. The summed E-state index contributed by atoms with van der Waals surface area (Å²) in [4.78, 5) is 22.9. The SMILES string of the molecule is COc1cc(C=O)cc(Cl)c1OCC(=O)Nc1cc(Cl)ccc1C. The highest BCUT2D eigenvalue weighted by atomic mass is 35.5. The molecule has 0 aliphatic carbocycles. The van der Waals surface area contributed by atoms with Gasteiger partial charge < -0.3 is 14.8 Å². The van der Waals surface area contributed by atoms with Crippen LogP contribution in [0.25, 0.3) is 0 Å². The summed E-state index contributed by atoms with van der Waals surface area (Å²) in [6.07, 6.45) is 0.646. The van der Waals surface area contributed by atoms with E-state index in [1.807, 2.05) is 6.92 Å². The number of nitrogens with one attached hydrogen (secondary N) is 1. The zero-order chi connectivity index (χ0) is 17.7. The molecule has 0 spiro atoms. The quantitative estimate of drug-likeness (QED) is 0.779. The van der Waals surface area contributed by atoms with Gasteiger partial charge in [-0.15, -0.1) is 0 Å². The number of rotatable bonds is 6. The van der Waals surface area contributed by atoms with Crippen LogP contribution in [0.3, 0.4) is 0 Å². The van der Waals surface area contributed by atoms with Crippen LogP contribution in [0.1, 0.15) is 15.9 Å². The van der Waals surface area contributed by atoms with Crippen molar-refractivity contribution < 1.29 is 19.1 Å². The average Bonchev–Trinajstić information content (AvgIpc) is 2.56. The third-order valence-electron chi connectivity index (χ3n) is 3.21. The Morgan fingerprint density at radius 1 is 1.25 bits per heavy atom. The van der Waals surface area contributed by atoms with Crippen molar-refractivity contribution in [3.8, 4) is 11.5 Å². The van der Waals surface area contributed by atoms with Crippen molar-refractivity contribution in [2.45, 2.75) is 6.92 Å². The number of halogens is 2. The number of amides is 1. The van der Waals surface area contributed by atoms with Crippen LogP contribution >= 0.6 is 23.2 Å². The fraction of sp³-hybridized carbons (Fsp3) is 0.176. The molecule has 0 aromatic heterocycles. The van der Waals surface area contributed by atoms with Gasteiger partial charge in [0.1, 0.15) is 6.29 Å². The summed E-state index contributed by atoms with van der Waals surface area (Å²) in [6.45, 7) is 1.58. The molecule has 1 N–H and O–H groups in total. The van der Waals surface area contributed by atoms with E-state index < -0.39 is 0 Å². The molecule has 126 valence electrons. The highest BCUT2D eigenvalue weighted by Gasteiger charge is 2.14. The standard InChI is InChI=1S/C17H15Cl2NO4/c1-10-3-4-12(18)7-14(10)20-16(22)9-24-17-13(19)5-11(8-21)6-15(17)23-2/h3-8H,9H2,1-2H3,(H,20,22). The topological polar surface area (TPSA) is 64.6 Å². The maximum Gasteiger partial charge on any atom is 0.262 e. The number of anilines is 1. The van der Waals surface area contributed by atoms with Crippen molar-refractivity contribution in [3.05, 3.63) is 51.5 Å². The van der Waals surface area contributed by atoms with Gasteiger partial charge in [-0.1, -0.05) is 29.3 Å². The van der Waals surface area contributed by atoms with E-state index in [1.165, 1.54) is 19.2 Å². The van der Waals surface area contributed by atoms with Gasteiger partial charge in [-0.3, -0.25) is 9.59 Å². The Morgan fingerprint density at radius 3 is 2.67 bits per heavy atom. The Balaban J connectivity index is 2.09. The number of aryl methyl sites for hydroxylation is 1. The van der Waals surface area contributed by atoms with E-state index >= 15 is 0 Å². The Morgan fingerprint density at radius 2 is 2.00 bits per heavy atom. The minimum Gasteiger partial charge on any atom is -0.493 e. The first-order valence-corrected chi connectivity index (χ1v) is 7.71. The van der Waals surface area contributed by atoms with Gasteiger partial charge in [0.15, 0.2) is 18.1 Å². The summed E-state index contributed by atoms with van der Waals surface area (Å²) in [5.41, 5.74) is 1.83. The Kier molecular flexibility index (Phi) is 6.06. The molecule has 2 aromatic rings. The molecule has 0 aliphatic heterocycles. The first-order chi connectivity index (χ1) is 11.4. The number of hydrogen-bond donors (Lipinski definition) is 1. The second-order valence-corrected chi connectivity index (χ2v) is 5.79. The summed E-state index contributed by atoms with van der Waals surface area (Å²) < 4.78 is 10.6. The zero-order valence-corrected chi connectivity index (χ0v) is 14.6. The van der Waals surface area contributed by atoms with Gasteiger partial charge >= 0.3 is 0 Å². The van der Waals surface area contributed by atoms with Crippen LogP contribution in [0.5, 0.6) is 11.5 Å². The highest BCUT2D eigenvalue weighted by molar-refractivity contribution is 6.32. The molecule has 0 aliphatic rings. The van der Waals surface area contributed by atoms with E-state index in [4.69, 9.17) is 32.7 Å². The molecule has 5 nitrogen and oxygen atoms in total. The minimum absolute atomic E-state index is 0.184. The molecular formula is C17H15Cl2NO4. The monoisotopic (exact) mass is 367 g/mol. The molecule has 0 atom stereocenters. The molecule has 7 heteroatoms. The zero-order valence-electron chi connectivity index (χ0n) is 13.1. The maximum absolute atomic E-state index is 12.1. The lowest BCUT2D eigenvalue weighted by Crippen LogP contribution is -2.21. The average molecular weight is 368 g/mol. The van der Waals surface area contributed by atoms with Gasteiger partial charge in [-0.25, -0.2) is 0 Å². The molecule has 2 rings (SSSR count). The van der Waals surface area contributed by atoms with Gasteiger partial charge in [0, 0.05) is 16.3 Å². The van der Waals surface area contributed by atoms with Gasteiger partial charge in [0.2, 0.25) is 0 Å². The van der Waals surface area contributed by atoms with Gasteiger partial charge in [-0.2, -0.15) is 0 Å². The van der Waals surface area contributed by atoms with Crippen LogP contribution in [0.2, 0.25) is 10.0 Å². The van der Waals surface area contributed by atoms with Crippen LogP contribution < -0.4 is 14.8 Å². The van der Waals surface area contributed by atoms with E-state index in [1.54, 1.807) is 18.2 Å². The van der Waals surface area contributed by atoms with E-state index in [0.717, 1.165) is 5.56 Å². The van der Waals surface area contributed by atoms with Crippen molar-refractivity contribution in [2.75, 3.05) is 19.0 Å². The number of carbonyl (C=O) groups excluding carboxylic acids is 2. The van der Waals surface area contributed by atoms with Crippen LogP contribution in [0, 0.1) is 6.92 Å². The van der Waals surface area contributed by atoms with Gasteiger partial charge in [-0.05, 0) is 36.8 Å². The van der Waals surface area contributed by atoms with E-state index in [0.29, 0.717) is 22.6 Å². The van der Waals surface area contributed by atoms with Crippen molar-refractivity contribution in [1.29, 1.82) is 0 Å². The third-order valence-corrected chi connectivity index (χ3v) is 3.73. The molecule has 0 unspecified atom stereocenters. The normalized spacial score (nSPS) is 10.2. The number of benzene rings is 2. The Labute approximate surface area is 149 Å². The summed E-state index contributed by atoms with van der Waals surface area (Å²) in [5, 5.41) is 3.42. The predicted octanol–water partition coefficient (Wildman–Crippen LogP) is 4.14. The Bertz CT molecular complexity index is 777. The molecule has 0 bridgehead atoms. The largest absolute Gasteiger partial charge is 0.493 e. The molecule has 1 amide bonds. The van der Waals surface area contributed by atoms with Crippen molar-refractivity contribution in [1.82, 2.24) is 0 Å². The Hall–Kier alpha value is -2.24. The number of hydrogen-bond acceptors (Lipinski definition) is 4. The van der Waals surface area contributed by atoms with Crippen molar-refractivity contribution >= 4 is 41.1 Å². The fourth-order valence-electron chi connectivity index (χ4n) is 2.00. The van der Waals surface area contributed by atoms with E-state index in [9.17, 15) is 9.59 Å². The molecule has 0 heterocycles. The molecular weight excluding hydrogens is 353 g/mol. The van der Waals surface area contributed by atoms with E-state index in [2.05, 4.69) is 5.32 Å². The smallest absolute Gasteiger partial charge is 0.262 e. The molecule has 0 saturated carbocycles. The summed E-state index contributed by atoms with van der Waals surface area (Å²) in [5.74, 6) is 0.0945. The first-order valence-electron chi connectivity index (χ1n) is 6.96. The van der Waals surface area contributed by atoms with Crippen LogP contribution in [0.15, 0.2) is 30.3 Å². The molecule has 0 fully saturated rings. The van der Waals surface area contributed by atoms with Crippen LogP contribution in [-0.4, -0.2) is 25.9 Å². The number of ether oxygens (including phenoxy) is 2. The number of carbonyl (C=O) groups is 2. The van der Waals surface area contributed by atoms with Crippen LogP contribution in [0.4, 0.5) is 5.69 Å². The second kappa shape index (κ2) is 8.04. The van der Waals surface area contributed by atoms with Crippen LogP contribution in [-0.2, 0) is 4.79 Å². The number of aldehydes is 1. The summed E-state index contributed by atoms with van der Waals surface area (Å²) in [7, 11) is 1.42. The lowest BCUT2D eigenvalue weighted by atomic mass is 10.2. The fourth-order valence-corrected chi connectivity index (χ4v) is 2.45. The van der Waals surface area contributed by atoms with Gasteiger partial charge in [0.25, 0.3) is 5.91 Å². The lowest BCUT2D eigenvalue weighted by Gasteiger charge is -2.13. The summed E-state index contributed by atoms with van der Waals surface area (Å²) >= 11 is 12.0. The molecule has 0 radical (unpaired) electrons. The predicted molar refractivity (Wildman–Crippen MR) is 93.7 cm³/mol. The third kappa shape index (κ3) is 4.40. The van der Waals surface area contributed by atoms with Gasteiger partial charge in [0.05, 0.1) is 12.1 Å². The first kappa shape index (κ1) is 18.1.